The first-order valence-corrected chi connectivity index (χ1v) is 12.6. The number of rotatable bonds is 6. The number of allylic oxidation sites excluding steroid dienone is 1. The minimum atomic E-state index is -4.06. The molecule has 0 spiro atoms. The third-order valence-corrected chi connectivity index (χ3v) is 7.83. The van der Waals surface area contributed by atoms with Gasteiger partial charge in [-0.05, 0) is 85.7 Å². The monoisotopic (exact) mass is 461 g/mol. The van der Waals surface area contributed by atoms with Crippen molar-refractivity contribution in [2.75, 3.05) is 20.1 Å². The summed E-state index contributed by atoms with van der Waals surface area (Å²) >= 11 is 0. The summed E-state index contributed by atoms with van der Waals surface area (Å²) in [5, 5.41) is 10.6. The van der Waals surface area contributed by atoms with Gasteiger partial charge in [0.05, 0.1) is 0 Å². The van der Waals surface area contributed by atoms with E-state index in [1.807, 2.05) is 0 Å². The highest BCUT2D eigenvalue weighted by molar-refractivity contribution is 7.89. The van der Waals surface area contributed by atoms with Gasteiger partial charge in [0.15, 0.2) is 5.52 Å². The van der Waals surface area contributed by atoms with Gasteiger partial charge in [0.2, 0.25) is 15.9 Å². The van der Waals surface area contributed by atoms with E-state index in [9.17, 15) is 13.2 Å². The molecule has 1 amide bonds. The lowest BCUT2D eigenvalue weighted by atomic mass is 9.78. The van der Waals surface area contributed by atoms with Crippen molar-refractivity contribution in [1.82, 2.24) is 25.3 Å². The van der Waals surface area contributed by atoms with Crippen LogP contribution in [0.3, 0.4) is 0 Å². The number of nitrogens with zero attached hydrogens (tertiary/aromatic N) is 3. The zero-order valence-corrected chi connectivity index (χ0v) is 19.6. The molecule has 1 aliphatic heterocycles. The number of piperidine rings is 1. The number of aromatic nitrogens is 2. The minimum Gasteiger partial charge on any atom is -0.352 e. The maximum Gasteiger partial charge on any atom is 0.243 e. The van der Waals surface area contributed by atoms with Gasteiger partial charge in [0, 0.05) is 6.04 Å². The van der Waals surface area contributed by atoms with E-state index in [4.69, 9.17) is 4.63 Å². The van der Waals surface area contributed by atoms with Crippen LogP contribution in [-0.4, -0.2) is 61.8 Å². The van der Waals surface area contributed by atoms with Crippen LogP contribution < -0.4 is 10.0 Å². The molecule has 1 fully saturated rings. The first-order valence-electron chi connectivity index (χ1n) is 11.1. The molecule has 4 rings (SSSR count). The molecule has 2 heterocycles. The summed E-state index contributed by atoms with van der Waals surface area (Å²) in [5.74, 6) is -0.308. The molecule has 0 radical (unpaired) electrons. The van der Waals surface area contributed by atoms with Crippen LogP contribution in [0.4, 0.5) is 0 Å². The summed E-state index contributed by atoms with van der Waals surface area (Å²) in [4.78, 5) is 15.6. The van der Waals surface area contributed by atoms with Gasteiger partial charge in [-0.2, -0.15) is 4.72 Å². The molecule has 0 saturated carbocycles. The SMILES string of the molecule is CN1CCC(NC(=O)C(NS(=O)(=O)c2cccc3nonc23)C2=CC(C)(C)CCC2)CC1. The van der Waals surface area contributed by atoms with E-state index in [1.165, 1.54) is 6.07 Å². The van der Waals surface area contributed by atoms with Crippen LogP contribution in [0, 0.1) is 5.41 Å². The van der Waals surface area contributed by atoms with Crippen LogP contribution in [0.15, 0.2) is 39.4 Å². The molecular formula is C22H31N5O4S. The summed E-state index contributed by atoms with van der Waals surface area (Å²) < 4.78 is 34.1. The van der Waals surface area contributed by atoms with Crippen molar-refractivity contribution in [3.05, 3.63) is 29.8 Å². The topological polar surface area (TPSA) is 117 Å². The number of sulfonamides is 1. The van der Waals surface area contributed by atoms with Gasteiger partial charge in [-0.15, -0.1) is 0 Å². The lowest BCUT2D eigenvalue weighted by Crippen LogP contribution is -2.52. The summed E-state index contributed by atoms with van der Waals surface area (Å²) in [5.41, 5.74) is 1.20. The van der Waals surface area contributed by atoms with Gasteiger partial charge < -0.3 is 10.2 Å². The van der Waals surface area contributed by atoms with E-state index in [2.05, 4.69) is 52.2 Å². The summed E-state index contributed by atoms with van der Waals surface area (Å²) in [7, 11) is -2.00. The number of nitrogens with one attached hydrogen (secondary N) is 2. The number of carbonyl (C=O) groups is 1. The molecule has 174 valence electrons. The highest BCUT2D eigenvalue weighted by Crippen LogP contribution is 2.35. The fraction of sp³-hybridized carbons (Fsp3) is 0.591. The molecular weight excluding hydrogens is 430 g/mol. The standard InChI is InChI=1S/C22H31N5O4S/c1-22(2)11-5-6-15(14-22)19(21(28)23-16-9-12-27(3)13-10-16)26-32(29,30)18-8-4-7-17-20(18)25-31-24-17/h4,7-8,14,16,19,26H,5-6,9-13H2,1-3H3,(H,23,28). The Labute approximate surface area is 188 Å². The van der Waals surface area contributed by atoms with E-state index in [1.54, 1.807) is 12.1 Å². The molecule has 1 aromatic carbocycles. The lowest BCUT2D eigenvalue weighted by molar-refractivity contribution is -0.123. The fourth-order valence-corrected chi connectivity index (χ4v) is 5.92. The third-order valence-electron chi connectivity index (χ3n) is 6.37. The normalized spacial score (nSPS) is 21.3. The molecule has 1 unspecified atom stereocenters. The van der Waals surface area contributed by atoms with E-state index >= 15 is 0 Å². The van der Waals surface area contributed by atoms with Crippen LogP contribution in [0.5, 0.6) is 0 Å². The molecule has 2 aliphatic rings. The number of benzene rings is 1. The minimum absolute atomic E-state index is 0.0334. The molecule has 2 aromatic rings. The average molecular weight is 462 g/mol. The van der Waals surface area contributed by atoms with Gasteiger partial charge in [-0.25, -0.2) is 13.0 Å². The summed E-state index contributed by atoms with van der Waals surface area (Å²) in [6.45, 7) is 6.01. The molecule has 10 heteroatoms. The van der Waals surface area contributed by atoms with E-state index in [0.29, 0.717) is 11.9 Å². The molecule has 32 heavy (non-hydrogen) atoms. The van der Waals surface area contributed by atoms with Gasteiger partial charge in [0.1, 0.15) is 16.5 Å². The quantitative estimate of drug-likeness (QED) is 0.633. The Kier molecular flexibility index (Phi) is 6.37. The predicted octanol–water partition coefficient (Wildman–Crippen LogP) is 2.22. The zero-order chi connectivity index (χ0) is 22.9. The first kappa shape index (κ1) is 22.9. The zero-order valence-electron chi connectivity index (χ0n) is 18.8. The molecule has 1 aliphatic carbocycles. The van der Waals surface area contributed by atoms with Crippen molar-refractivity contribution in [2.24, 2.45) is 5.41 Å². The number of likely N-dealkylation sites (tertiary alicyclic amines) is 1. The Bertz CT molecular complexity index is 1120. The summed E-state index contributed by atoms with van der Waals surface area (Å²) in [6.07, 6.45) is 6.31. The molecule has 1 atom stereocenters. The number of amides is 1. The maximum absolute atomic E-state index is 13.4. The highest BCUT2D eigenvalue weighted by atomic mass is 32.2. The predicted molar refractivity (Wildman–Crippen MR) is 120 cm³/mol. The van der Waals surface area contributed by atoms with Crippen molar-refractivity contribution in [2.45, 2.75) is 62.9 Å². The van der Waals surface area contributed by atoms with Crippen molar-refractivity contribution in [3.63, 3.8) is 0 Å². The van der Waals surface area contributed by atoms with Gasteiger partial charge in [-0.3, -0.25) is 4.79 Å². The van der Waals surface area contributed by atoms with E-state index < -0.39 is 16.1 Å². The number of hydrogen-bond donors (Lipinski definition) is 2. The van der Waals surface area contributed by atoms with Crippen LogP contribution in [-0.2, 0) is 14.8 Å². The Hall–Kier alpha value is -2.30. The molecule has 1 aromatic heterocycles. The Morgan fingerprint density at radius 1 is 1.25 bits per heavy atom. The van der Waals surface area contributed by atoms with E-state index in [0.717, 1.165) is 44.3 Å². The van der Waals surface area contributed by atoms with Crippen molar-refractivity contribution < 1.29 is 17.8 Å². The van der Waals surface area contributed by atoms with Crippen LogP contribution >= 0.6 is 0 Å². The number of carbonyl (C=O) groups excluding carboxylic acids is 1. The van der Waals surface area contributed by atoms with Crippen molar-refractivity contribution in [1.29, 1.82) is 0 Å². The maximum atomic E-state index is 13.4. The van der Waals surface area contributed by atoms with E-state index in [-0.39, 0.29) is 27.8 Å². The summed E-state index contributed by atoms with van der Waals surface area (Å²) in [6, 6.07) is 3.71. The Balaban J connectivity index is 1.64. The van der Waals surface area contributed by atoms with Crippen LogP contribution in [0.25, 0.3) is 11.0 Å². The van der Waals surface area contributed by atoms with Crippen LogP contribution in [0.2, 0.25) is 0 Å². The molecule has 1 saturated heterocycles. The number of hydrogen-bond acceptors (Lipinski definition) is 7. The second kappa shape index (κ2) is 8.92. The Morgan fingerprint density at radius 3 is 2.72 bits per heavy atom. The lowest BCUT2D eigenvalue weighted by Gasteiger charge is -2.33. The van der Waals surface area contributed by atoms with Crippen molar-refractivity contribution >= 4 is 27.0 Å². The Morgan fingerprint density at radius 2 is 2.00 bits per heavy atom. The third kappa shape index (κ3) is 5.02. The molecule has 2 N–H and O–H groups in total. The first-order chi connectivity index (χ1) is 15.1. The van der Waals surface area contributed by atoms with Gasteiger partial charge >= 0.3 is 0 Å². The largest absolute Gasteiger partial charge is 0.352 e. The highest BCUT2D eigenvalue weighted by Gasteiger charge is 2.34. The second-order valence-corrected chi connectivity index (χ2v) is 11.3. The van der Waals surface area contributed by atoms with Crippen molar-refractivity contribution in [3.8, 4) is 0 Å². The molecule has 0 bridgehead atoms. The number of fused-ring (bicyclic) bond motifs is 1. The average Bonchev–Trinajstić information content (AvgIpc) is 3.21. The fourth-order valence-electron chi connectivity index (χ4n) is 4.57. The van der Waals surface area contributed by atoms with Gasteiger partial charge in [0.25, 0.3) is 0 Å². The second-order valence-electron chi connectivity index (χ2n) is 9.59. The van der Waals surface area contributed by atoms with Gasteiger partial charge in [-0.1, -0.05) is 26.0 Å². The smallest absolute Gasteiger partial charge is 0.243 e. The molecule has 9 nitrogen and oxygen atoms in total. The van der Waals surface area contributed by atoms with Crippen LogP contribution in [0.1, 0.15) is 46.0 Å².